The second-order valence-electron chi connectivity index (χ2n) is 9.76. The third-order valence-electron chi connectivity index (χ3n) is 6.24. The summed E-state index contributed by atoms with van der Waals surface area (Å²) in [5.74, 6) is 0.559. The fraction of sp³-hybridized carbons (Fsp3) is 0.500. The number of nitrogens with one attached hydrogen (secondary N) is 1. The van der Waals surface area contributed by atoms with Gasteiger partial charge >= 0.3 is 0 Å². The SMILES string of the molecule is CCC(C(=O)NCC(C)C)N(Cc1ccc(OC)cc1)C(=O)CCCN(c1cccc(Cl)c1C)S(C)(=O)=O. The molecule has 0 aliphatic heterocycles. The number of hydrogen-bond donors (Lipinski definition) is 1. The van der Waals surface area contributed by atoms with Gasteiger partial charge in [-0.25, -0.2) is 8.42 Å². The topological polar surface area (TPSA) is 96.0 Å². The lowest BCUT2D eigenvalue weighted by Crippen LogP contribution is -2.49. The highest BCUT2D eigenvalue weighted by molar-refractivity contribution is 7.92. The third-order valence-corrected chi connectivity index (χ3v) is 7.83. The minimum absolute atomic E-state index is 0.0791. The van der Waals surface area contributed by atoms with E-state index in [4.69, 9.17) is 16.3 Å². The number of amides is 2. The van der Waals surface area contributed by atoms with Gasteiger partial charge in [0, 0.05) is 31.1 Å². The molecule has 0 bridgehead atoms. The van der Waals surface area contributed by atoms with Crippen LogP contribution in [0.4, 0.5) is 5.69 Å². The van der Waals surface area contributed by atoms with Gasteiger partial charge in [-0.1, -0.05) is 50.6 Å². The summed E-state index contributed by atoms with van der Waals surface area (Å²) >= 11 is 6.23. The number of ether oxygens (including phenoxy) is 1. The molecule has 38 heavy (non-hydrogen) atoms. The van der Waals surface area contributed by atoms with E-state index < -0.39 is 16.1 Å². The Hall–Kier alpha value is -2.78. The minimum Gasteiger partial charge on any atom is -0.497 e. The maximum Gasteiger partial charge on any atom is 0.242 e. The van der Waals surface area contributed by atoms with Crippen LogP contribution in [0.2, 0.25) is 5.02 Å². The van der Waals surface area contributed by atoms with Gasteiger partial charge in [0.15, 0.2) is 0 Å². The van der Waals surface area contributed by atoms with Gasteiger partial charge < -0.3 is 15.0 Å². The molecule has 0 fully saturated rings. The van der Waals surface area contributed by atoms with Gasteiger partial charge in [0.05, 0.1) is 19.1 Å². The Bertz CT molecular complexity index is 1190. The molecule has 2 aromatic rings. The molecule has 0 heterocycles. The molecule has 1 N–H and O–H groups in total. The molecule has 1 atom stereocenters. The molecular weight excluding hydrogens is 526 g/mol. The molecule has 0 aromatic heterocycles. The molecule has 1 unspecified atom stereocenters. The fourth-order valence-corrected chi connectivity index (χ4v) is 5.30. The predicted molar refractivity (Wildman–Crippen MR) is 153 cm³/mol. The average molecular weight is 566 g/mol. The van der Waals surface area contributed by atoms with Gasteiger partial charge in [-0.3, -0.25) is 13.9 Å². The molecule has 0 aliphatic rings. The Morgan fingerprint density at radius 1 is 1.11 bits per heavy atom. The first-order valence-electron chi connectivity index (χ1n) is 12.8. The number of rotatable bonds is 14. The smallest absolute Gasteiger partial charge is 0.242 e. The second-order valence-corrected chi connectivity index (χ2v) is 12.1. The van der Waals surface area contributed by atoms with E-state index >= 15 is 0 Å². The predicted octanol–water partition coefficient (Wildman–Crippen LogP) is 4.78. The number of carbonyl (C=O) groups is 2. The molecule has 2 aromatic carbocycles. The summed E-state index contributed by atoms with van der Waals surface area (Å²) in [6.07, 6.45) is 1.94. The molecule has 0 spiro atoms. The molecule has 0 aliphatic carbocycles. The van der Waals surface area contributed by atoms with Crippen LogP contribution >= 0.6 is 11.6 Å². The summed E-state index contributed by atoms with van der Waals surface area (Å²) in [6.45, 7) is 8.54. The lowest BCUT2D eigenvalue weighted by molar-refractivity contribution is -0.141. The Labute approximate surface area is 232 Å². The number of methoxy groups -OCH3 is 1. The van der Waals surface area contributed by atoms with Crippen LogP contribution in [-0.2, 0) is 26.2 Å². The molecule has 0 saturated heterocycles. The molecule has 0 saturated carbocycles. The van der Waals surface area contributed by atoms with Crippen LogP contribution in [0.15, 0.2) is 42.5 Å². The van der Waals surface area contributed by atoms with Crippen LogP contribution in [0.25, 0.3) is 0 Å². The largest absolute Gasteiger partial charge is 0.497 e. The lowest BCUT2D eigenvalue weighted by atomic mass is 10.1. The highest BCUT2D eigenvalue weighted by atomic mass is 35.5. The van der Waals surface area contributed by atoms with Gasteiger partial charge in [-0.2, -0.15) is 0 Å². The van der Waals surface area contributed by atoms with Crippen molar-refractivity contribution in [2.45, 2.75) is 59.5 Å². The quantitative estimate of drug-likeness (QED) is 0.355. The van der Waals surface area contributed by atoms with E-state index in [-0.39, 0.29) is 43.7 Å². The Kier molecular flexibility index (Phi) is 11.9. The van der Waals surface area contributed by atoms with Crippen LogP contribution in [0, 0.1) is 12.8 Å². The van der Waals surface area contributed by atoms with Gasteiger partial charge in [0.2, 0.25) is 21.8 Å². The normalized spacial score (nSPS) is 12.2. The maximum atomic E-state index is 13.5. The van der Waals surface area contributed by atoms with Crippen LogP contribution in [-0.4, -0.2) is 57.6 Å². The molecule has 8 nitrogen and oxygen atoms in total. The summed E-state index contributed by atoms with van der Waals surface area (Å²) in [5, 5.41) is 3.42. The summed E-state index contributed by atoms with van der Waals surface area (Å²) in [4.78, 5) is 28.2. The van der Waals surface area contributed by atoms with Crippen LogP contribution in [0.5, 0.6) is 5.75 Å². The molecular formula is C28H40ClN3O5S. The van der Waals surface area contributed by atoms with Gasteiger partial charge in [0.1, 0.15) is 11.8 Å². The molecule has 2 rings (SSSR count). The van der Waals surface area contributed by atoms with Crippen LogP contribution in [0.1, 0.15) is 51.2 Å². The van der Waals surface area contributed by atoms with Crippen molar-refractivity contribution in [3.05, 3.63) is 58.6 Å². The Morgan fingerprint density at radius 2 is 1.76 bits per heavy atom. The number of hydrogen-bond acceptors (Lipinski definition) is 5. The fourth-order valence-electron chi connectivity index (χ4n) is 4.12. The van der Waals surface area contributed by atoms with Crippen molar-refractivity contribution in [1.82, 2.24) is 10.2 Å². The minimum atomic E-state index is -3.61. The van der Waals surface area contributed by atoms with E-state index in [2.05, 4.69) is 5.32 Å². The van der Waals surface area contributed by atoms with Crippen molar-refractivity contribution in [2.75, 3.05) is 30.8 Å². The van der Waals surface area contributed by atoms with E-state index in [0.717, 1.165) is 11.8 Å². The first-order valence-corrected chi connectivity index (χ1v) is 15.0. The first-order chi connectivity index (χ1) is 17.9. The van der Waals surface area contributed by atoms with Crippen molar-refractivity contribution in [2.24, 2.45) is 5.92 Å². The van der Waals surface area contributed by atoms with E-state index in [1.54, 1.807) is 37.1 Å². The number of sulfonamides is 1. The maximum absolute atomic E-state index is 13.5. The molecule has 210 valence electrons. The summed E-state index contributed by atoms with van der Waals surface area (Å²) in [7, 11) is -2.02. The highest BCUT2D eigenvalue weighted by Crippen LogP contribution is 2.28. The number of carbonyl (C=O) groups excluding carboxylic acids is 2. The lowest BCUT2D eigenvalue weighted by Gasteiger charge is -2.31. The van der Waals surface area contributed by atoms with Crippen LogP contribution < -0.4 is 14.4 Å². The van der Waals surface area contributed by atoms with Crippen molar-refractivity contribution < 1.29 is 22.7 Å². The van der Waals surface area contributed by atoms with E-state index in [0.29, 0.717) is 35.0 Å². The van der Waals surface area contributed by atoms with Gasteiger partial charge in [-0.15, -0.1) is 0 Å². The second kappa shape index (κ2) is 14.4. The standard InChI is InChI=1S/C28H40ClN3O5S/c1-7-25(28(34)30-18-20(2)3)31(19-22-13-15-23(37-5)16-14-22)27(33)12-9-17-32(38(6,35)36)26-11-8-10-24(29)21(26)4/h8,10-11,13-16,20,25H,7,9,12,17-19H2,1-6H3,(H,30,34). The number of halogens is 1. The molecule has 0 radical (unpaired) electrons. The average Bonchev–Trinajstić information content (AvgIpc) is 2.86. The summed E-state index contributed by atoms with van der Waals surface area (Å²) in [6, 6.07) is 11.8. The van der Waals surface area contributed by atoms with E-state index in [9.17, 15) is 18.0 Å². The van der Waals surface area contributed by atoms with Gasteiger partial charge in [-0.05, 0) is 61.1 Å². The Morgan fingerprint density at radius 3 is 2.32 bits per heavy atom. The highest BCUT2D eigenvalue weighted by Gasteiger charge is 2.29. The zero-order chi connectivity index (χ0) is 28.5. The number of benzene rings is 2. The Balaban J connectivity index is 2.25. The zero-order valence-corrected chi connectivity index (χ0v) is 24.7. The van der Waals surface area contributed by atoms with Crippen molar-refractivity contribution in [3.63, 3.8) is 0 Å². The summed E-state index contributed by atoms with van der Waals surface area (Å²) in [5.41, 5.74) is 2.00. The first kappa shape index (κ1) is 31.4. The van der Waals surface area contributed by atoms with Crippen molar-refractivity contribution in [3.8, 4) is 5.75 Å². The number of anilines is 1. The van der Waals surface area contributed by atoms with Crippen LogP contribution in [0.3, 0.4) is 0 Å². The molecule has 2 amide bonds. The monoisotopic (exact) mass is 565 g/mol. The van der Waals surface area contributed by atoms with Crippen molar-refractivity contribution >= 4 is 39.1 Å². The third kappa shape index (κ3) is 8.91. The molecule has 10 heteroatoms. The number of nitrogens with zero attached hydrogens (tertiary/aromatic N) is 2. The summed E-state index contributed by atoms with van der Waals surface area (Å²) < 4.78 is 31.7. The van der Waals surface area contributed by atoms with Gasteiger partial charge in [0.25, 0.3) is 0 Å². The van der Waals surface area contributed by atoms with E-state index in [1.807, 2.05) is 45.0 Å². The van der Waals surface area contributed by atoms with Crippen molar-refractivity contribution in [1.29, 1.82) is 0 Å². The van der Waals surface area contributed by atoms with E-state index in [1.165, 1.54) is 4.31 Å². The zero-order valence-electron chi connectivity index (χ0n) is 23.2.